The van der Waals surface area contributed by atoms with E-state index >= 15 is 0 Å². The summed E-state index contributed by atoms with van der Waals surface area (Å²) in [5, 5.41) is 2.11. The van der Waals surface area contributed by atoms with Crippen molar-refractivity contribution in [3.8, 4) is 0 Å². The first-order valence-corrected chi connectivity index (χ1v) is 6.80. The highest BCUT2D eigenvalue weighted by Gasteiger charge is 2.15. The number of anilines is 2. The topological polar surface area (TPSA) is 55.0 Å². The second kappa shape index (κ2) is 5.35. The van der Waals surface area contributed by atoms with Gasteiger partial charge in [0.25, 0.3) is 0 Å². The maximum atomic E-state index is 5.65. The van der Waals surface area contributed by atoms with E-state index in [0.717, 1.165) is 17.8 Å². The predicted molar refractivity (Wildman–Crippen MR) is 77.1 cm³/mol. The van der Waals surface area contributed by atoms with E-state index in [-0.39, 0.29) is 0 Å². The van der Waals surface area contributed by atoms with Crippen LogP contribution in [0.1, 0.15) is 17.4 Å². The fraction of sp³-hybridized carbons (Fsp3) is 0.385. The van der Waals surface area contributed by atoms with Crippen molar-refractivity contribution < 1.29 is 0 Å². The van der Waals surface area contributed by atoms with Gasteiger partial charge >= 0.3 is 0 Å². The monoisotopic (exact) mass is 262 g/mol. The van der Waals surface area contributed by atoms with Gasteiger partial charge in [-0.2, -0.15) is 4.98 Å². The van der Waals surface area contributed by atoms with Gasteiger partial charge in [0.15, 0.2) is 0 Å². The van der Waals surface area contributed by atoms with Gasteiger partial charge in [-0.25, -0.2) is 4.98 Å². The van der Waals surface area contributed by atoms with Gasteiger partial charge in [0, 0.05) is 36.1 Å². The van der Waals surface area contributed by atoms with Crippen LogP contribution in [0.2, 0.25) is 0 Å². The first kappa shape index (κ1) is 12.8. The Hall–Kier alpha value is -1.62. The van der Waals surface area contributed by atoms with E-state index in [9.17, 15) is 0 Å². The van der Waals surface area contributed by atoms with Crippen molar-refractivity contribution in [2.75, 3.05) is 17.7 Å². The molecule has 0 aliphatic rings. The van der Waals surface area contributed by atoms with Crippen molar-refractivity contribution in [2.24, 2.45) is 0 Å². The minimum absolute atomic E-state index is 0.325. The lowest BCUT2D eigenvalue weighted by molar-refractivity contribution is 0.678. The Morgan fingerprint density at radius 1 is 1.50 bits per heavy atom. The maximum Gasteiger partial charge on any atom is 0.221 e. The fourth-order valence-electron chi connectivity index (χ4n) is 1.87. The molecule has 0 aromatic carbocycles. The van der Waals surface area contributed by atoms with Gasteiger partial charge in [-0.3, -0.25) is 0 Å². The molecule has 18 heavy (non-hydrogen) atoms. The summed E-state index contributed by atoms with van der Waals surface area (Å²) in [4.78, 5) is 11.9. The van der Waals surface area contributed by atoms with Crippen molar-refractivity contribution in [2.45, 2.75) is 26.3 Å². The minimum atomic E-state index is 0.325. The van der Waals surface area contributed by atoms with Crippen LogP contribution in [0.3, 0.4) is 0 Å². The largest absolute Gasteiger partial charge is 0.368 e. The molecule has 2 aromatic rings. The minimum Gasteiger partial charge on any atom is -0.368 e. The summed E-state index contributed by atoms with van der Waals surface area (Å²) < 4.78 is 0. The van der Waals surface area contributed by atoms with E-state index in [1.807, 2.05) is 14.0 Å². The van der Waals surface area contributed by atoms with Gasteiger partial charge in [-0.05, 0) is 25.3 Å². The van der Waals surface area contributed by atoms with Crippen LogP contribution in [-0.4, -0.2) is 23.1 Å². The van der Waals surface area contributed by atoms with E-state index in [4.69, 9.17) is 5.73 Å². The van der Waals surface area contributed by atoms with Crippen molar-refractivity contribution in [1.29, 1.82) is 0 Å². The second-order valence-electron chi connectivity index (χ2n) is 4.48. The number of aromatic nitrogens is 2. The highest BCUT2D eigenvalue weighted by molar-refractivity contribution is 7.09. The van der Waals surface area contributed by atoms with Crippen molar-refractivity contribution in [1.82, 2.24) is 9.97 Å². The van der Waals surface area contributed by atoms with Crippen LogP contribution in [0.4, 0.5) is 11.8 Å². The molecule has 2 heterocycles. The summed E-state index contributed by atoms with van der Waals surface area (Å²) in [6, 6.07) is 4.62. The highest BCUT2D eigenvalue weighted by atomic mass is 32.1. The molecule has 2 N–H and O–H groups in total. The van der Waals surface area contributed by atoms with E-state index < -0.39 is 0 Å². The molecule has 4 nitrogen and oxygen atoms in total. The van der Waals surface area contributed by atoms with Crippen molar-refractivity contribution >= 4 is 23.1 Å². The molecule has 0 aliphatic heterocycles. The molecule has 0 amide bonds. The number of thiophene rings is 1. The van der Waals surface area contributed by atoms with E-state index in [2.05, 4.69) is 39.3 Å². The summed E-state index contributed by atoms with van der Waals surface area (Å²) in [6.45, 7) is 4.20. The van der Waals surface area contributed by atoms with Crippen LogP contribution in [0.5, 0.6) is 0 Å². The third-order valence-electron chi connectivity index (χ3n) is 3.04. The Balaban J connectivity index is 2.14. The lowest BCUT2D eigenvalue weighted by Crippen LogP contribution is -2.32. The Morgan fingerprint density at radius 2 is 2.28 bits per heavy atom. The molecular weight excluding hydrogens is 244 g/mol. The zero-order chi connectivity index (χ0) is 13.1. The molecule has 0 aliphatic carbocycles. The molecule has 0 saturated heterocycles. The molecule has 0 saturated carbocycles. The fourth-order valence-corrected chi connectivity index (χ4v) is 2.70. The Bertz CT molecular complexity index is 510. The zero-order valence-electron chi connectivity index (χ0n) is 10.9. The molecule has 0 radical (unpaired) electrons. The smallest absolute Gasteiger partial charge is 0.221 e. The molecule has 2 rings (SSSR count). The number of likely N-dealkylation sites (N-methyl/N-ethyl adjacent to an activating group) is 1. The summed E-state index contributed by atoms with van der Waals surface area (Å²) in [5.74, 6) is 1.23. The SMILES string of the molecule is Cc1cnc(N)nc1N(C)C(C)Cc1cccs1. The van der Waals surface area contributed by atoms with Gasteiger partial charge < -0.3 is 10.6 Å². The lowest BCUT2D eigenvalue weighted by Gasteiger charge is -2.27. The molecule has 0 fully saturated rings. The molecule has 0 spiro atoms. The number of nitrogens with two attached hydrogens (primary N) is 1. The van der Waals surface area contributed by atoms with Gasteiger partial charge in [0.05, 0.1) is 0 Å². The van der Waals surface area contributed by atoms with Crippen LogP contribution < -0.4 is 10.6 Å². The molecule has 5 heteroatoms. The van der Waals surface area contributed by atoms with Gasteiger partial charge in [0.2, 0.25) is 5.95 Å². The number of rotatable bonds is 4. The number of hydrogen-bond donors (Lipinski definition) is 1. The number of aryl methyl sites for hydroxylation is 1. The molecule has 2 aromatic heterocycles. The Labute approximate surface area is 111 Å². The first-order chi connectivity index (χ1) is 8.58. The summed E-state index contributed by atoms with van der Waals surface area (Å²) in [5.41, 5.74) is 6.70. The third-order valence-corrected chi connectivity index (χ3v) is 3.93. The third kappa shape index (κ3) is 2.79. The zero-order valence-corrected chi connectivity index (χ0v) is 11.7. The average molecular weight is 262 g/mol. The second-order valence-corrected chi connectivity index (χ2v) is 5.51. The van der Waals surface area contributed by atoms with Crippen LogP contribution in [0, 0.1) is 6.92 Å². The summed E-state index contributed by atoms with van der Waals surface area (Å²) in [7, 11) is 2.05. The normalized spacial score (nSPS) is 12.4. The lowest BCUT2D eigenvalue weighted by atomic mass is 10.1. The van der Waals surface area contributed by atoms with Crippen molar-refractivity contribution in [3.63, 3.8) is 0 Å². The van der Waals surface area contributed by atoms with E-state index in [1.54, 1.807) is 17.5 Å². The van der Waals surface area contributed by atoms with Crippen LogP contribution in [-0.2, 0) is 6.42 Å². The molecular formula is C13H18N4S. The molecule has 1 unspecified atom stereocenters. The number of nitrogen functional groups attached to an aromatic ring is 1. The van der Waals surface area contributed by atoms with Gasteiger partial charge in [-0.1, -0.05) is 6.07 Å². The molecule has 96 valence electrons. The van der Waals surface area contributed by atoms with Crippen molar-refractivity contribution in [3.05, 3.63) is 34.2 Å². The highest BCUT2D eigenvalue weighted by Crippen LogP contribution is 2.20. The van der Waals surface area contributed by atoms with E-state index in [0.29, 0.717) is 12.0 Å². The summed E-state index contributed by atoms with van der Waals surface area (Å²) in [6.07, 6.45) is 2.78. The summed E-state index contributed by atoms with van der Waals surface area (Å²) >= 11 is 1.79. The average Bonchev–Trinajstić information content (AvgIpc) is 2.84. The number of hydrogen-bond acceptors (Lipinski definition) is 5. The first-order valence-electron chi connectivity index (χ1n) is 5.92. The van der Waals surface area contributed by atoms with Gasteiger partial charge in [-0.15, -0.1) is 11.3 Å². The molecule has 1 atom stereocenters. The predicted octanol–water partition coefficient (Wildman–Crippen LogP) is 2.50. The van der Waals surface area contributed by atoms with Gasteiger partial charge in [0.1, 0.15) is 5.82 Å². The van der Waals surface area contributed by atoms with Crippen LogP contribution >= 0.6 is 11.3 Å². The molecule has 0 bridgehead atoms. The Kier molecular flexibility index (Phi) is 3.81. The maximum absolute atomic E-state index is 5.65. The quantitative estimate of drug-likeness (QED) is 0.919. The Morgan fingerprint density at radius 3 is 2.94 bits per heavy atom. The standard InChI is InChI=1S/C13H18N4S/c1-9-8-15-13(14)16-12(9)17(3)10(2)7-11-5-4-6-18-11/h4-6,8,10H,7H2,1-3H3,(H2,14,15,16). The van der Waals surface area contributed by atoms with Crippen LogP contribution in [0.15, 0.2) is 23.7 Å². The number of nitrogens with zero attached hydrogens (tertiary/aromatic N) is 3. The van der Waals surface area contributed by atoms with Crippen LogP contribution in [0.25, 0.3) is 0 Å². The van der Waals surface area contributed by atoms with E-state index in [1.165, 1.54) is 4.88 Å².